The first-order valence-electron chi connectivity index (χ1n) is 9.80. The van der Waals surface area contributed by atoms with Crippen LogP contribution in [0.15, 0.2) is 34.8 Å². The lowest BCUT2D eigenvalue weighted by Gasteiger charge is -2.50. The van der Waals surface area contributed by atoms with E-state index in [9.17, 15) is 19.5 Å². The van der Waals surface area contributed by atoms with Crippen molar-refractivity contribution in [3.8, 4) is 0 Å². The van der Waals surface area contributed by atoms with Gasteiger partial charge < -0.3 is 25.8 Å². The van der Waals surface area contributed by atoms with Gasteiger partial charge in [0.15, 0.2) is 23.0 Å². The number of thioether (sulfide) groups is 1. The maximum absolute atomic E-state index is 12.9. The standard InChI is InChI=1S/C18H17ClN8O5S2/c1-2-32-24-10(13-22-18(20)34-25-13)14(28)21-11-15(29)27-12(17(30)31)8(7-33-16(11)27)6-26-5-3-4-9(19)23-26/h3-5,11,16H,2,6-7H2,1H3,(H3-,20,21,22,25,28,30,31)/t11?,16-/m1/s1. The Morgan fingerprint density at radius 1 is 1.50 bits per heavy atom. The summed E-state index contributed by atoms with van der Waals surface area (Å²) in [6.07, 6.45) is 1.63. The van der Waals surface area contributed by atoms with E-state index >= 15 is 0 Å². The fraction of sp³-hybridized carbons (Fsp3) is 0.333. The van der Waals surface area contributed by atoms with Crippen molar-refractivity contribution < 1.29 is 29.0 Å². The predicted octanol–water partition coefficient (Wildman–Crippen LogP) is -1.70. The van der Waals surface area contributed by atoms with E-state index in [1.165, 1.54) is 16.4 Å². The van der Waals surface area contributed by atoms with Crippen molar-refractivity contribution in [3.05, 3.63) is 40.6 Å². The molecule has 2 aromatic heterocycles. The van der Waals surface area contributed by atoms with E-state index in [4.69, 9.17) is 22.2 Å². The van der Waals surface area contributed by atoms with Crippen molar-refractivity contribution in [1.82, 2.24) is 24.7 Å². The molecule has 0 saturated carbocycles. The van der Waals surface area contributed by atoms with Gasteiger partial charge in [-0.2, -0.15) is 9.36 Å². The van der Waals surface area contributed by atoms with Crippen molar-refractivity contribution in [3.63, 3.8) is 0 Å². The van der Waals surface area contributed by atoms with Gasteiger partial charge in [0, 0.05) is 34.0 Å². The number of carbonyl (C=O) groups is 3. The van der Waals surface area contributed by atoms with Crippen LogP contribution in [0.5, 0.6) is 0 Å². The third kappa shape index (κ3) is 4.67. The summed E-state index contributed by atoms with van der Waals surface area (Å²) in [5, 5.41) is 22.0. The van der Waals surface area contributed by atoms with Crippen molar-refractivity contribution in [1.29, 1.82) is 0 Å². The van der Waals surface area contributed by atoms with Crippen LogP contribution < -0.4 is 20.8 Å². The summed E-state index contributed by atoms with van der Waals surface area (Å²) in [7, 11) is 0. The Labute approximate surface area is 205 Å². The van der Waals surface area contributed by atoms with Gasteiger partial charge >= 0.3 is 0 Å². The molecule has 4 rings (SSSR count). The minimum atomic E-state index is -1.50. The maximum Gasteiger partial charge on any atom is 0.278 e. The normalized spacial score (nSPS) is 20.0. The second kappa shape index (κ2) is 9.90. The second-order valence-electron chi connectivity index (χ2n) is 6.94. The number of amides is 2. The number of anilines is 1. The molecule has 1 fully saturated rings. The molecule has 0 aromatic carbocycles. The van der Waals surface area contributed by atoms with Gasteiger partial charge in [0.25, 0.3) is 11.8 Å². The summed E-state index contributed by atoms with van der Waals surface area (Å²) in [5.41, 5.74) is 5.52. The van der Waals surface area contributed by atoms with Crippen LogP contribution in [-0.4, -0.2) is 66.6 Å². The topological polar surface area (TPSA) is 180 Å². The molecule has 13 nitrogen and oxygen atoms in total. The number of carboxylic acid groups (broad SMARTS) is 1. The molecule has 2 aliphatic rings. The average Bonchev–Trinajstić information content (AvgIpc) is 3.23. The number of hydrogen-bond donors (Lipinski definition) is 2. The first kappa shape index (κ1) is 23.8. The molecule has 0 spiro atoms. The Balaban J connectivity index is 1.53. The summed E-state index contributed by atoms with van der Waals surface area (Å²) >= 11 is 8.07. The first-order chi connectivity index (χ1) is 16.3. The van der Waals surface area contributed by atoms with Gasteiger partial charge in [-0.15, -0.1) is 11.8 Å². The van der Waals surface area contributed by atoms with E-state index in [0.717, 1.165) is 16.4 Å². The molecule has 2 aliphatic heterocycles. The zero-order chi connectivity index (χ0) is 24.4. The number of fused-ring (bicyclic) bond motifs is 1. The highest BCUT2D eigenvalue weighted by Crippen LogP contribution is 2.40. The molecule has 2 aromatic rings. The summed E-state index contributed by atoms with van der Waals surface area (Å²) in [6.45, 7) is 1.97. The van der Waals surface area contributed by atoms with Crippen LogP contribution in [0.25, 0.3) is 0 Å². The molecule has 178 valence electrons. The summed E-state index contributed by atoms with van der Waals surface area (Å²) in [6, 6.07) is 2.26. The number of oxime groups is 1. The largest absolute Gasteiger partial charge is 0.543 e. The number of rotatable bonds is 8. The molecule has 3 N–H and O–H groups in total. The smallest absolute Gasteiger partial charge is 0.278 e. The summed E-state index contributed by atoms with van der Waals surface area (Å²) < 4.78 is 5.42. The molecular weight excluding hydrogens is 508 g/mol. The van der Waals surface area contributed by atoms with Crippen molar-refractivity contribution in [2.24, 2.45) is 5.16 Å². The van der Waals surface area contributed by atoms with Gasteiger partial charge in [-0.1, -0.05) is 21.4 Å². The fourth-order valence-electron chi connectivity index (χ4n) is 3.34. The lowest BCUT2D eigenvalue weighted by molar-refractivity contribution is -0.746. The molecule has 2 atom stereocenters. The zero-order valence-electron chi connectivity index (χ0n) is 17.5. The van der Waals surface area contributed by atoms with Gasteiger partial charge in [-0.05, 0) is 13.0 Å². The van der Waals surface area contributed by atoms with Crippen LogP contribution >= 0.6 is 34.9 Å². The number of hydrogen-bond acceptors (Lipinski definition) is 12. The van der Waals surface area contributed by atoms with Crippen LogP contribution in [0.2, 0.25) is 5.15 Å². The highest BCUT2D eigenvalue weighted by molar-refractivity contribution is 8.00. The molecule has 2 amide bonds. The molecular formula is C18H17ClN8O5S2. The number of nitrogens with zero attached hydrogens (tertiary/aromatic N) is 6. The zero-order valence-corrected chi connectivity index (χ0v) is 19.9. The number of aromatic nitrogens is 4. The maximum atomic E-state index is 12.9. The van der Waals surface area contributed by atoms with Gasteiger partial charge in [0.05, 0.1) is 11.7 Å². The lowest BCUT2D eigenvalue weighted by Crippen LogP contribution is -2.71. The van der Waals surface area contributed by atoms with Crippen molar-refractivity contribution >= 4 is 63.5 Å². The van der Waals surface area contributed by atoms with Crippen LogP contribution in [0.3, 0.4) is 0 Å². The Hall–Kier alpha value is -3.30. The number of nitrogens with one attached hydrogen (secondary N) is 1. The van der Waals surface area contributed by atoms with E-state index in [1.54, 1.807) is 25.3 Å². The summed E-state index contributed by atoms with van der Waals surface area (Å²) in [5.74, 6) is -2.63. The SMILES string of the molecule is CCON=C(C(=O)NC1C(=O)N2C(C(=O)[O-])=C(C[n+]3cccc(Cl)n3)CS[C@H]12)c1nsc(N)n1. The number of carboxylic acids is 1. The molecule has 0 bridgehead atoms. The van der Waals surface area contributed by atoms with E-state index < -0.39 is 29.2 Å². The number of carbonyl (C=O) groups excluding carboxylic acids is 3. The van der Waals surface area contributed by atoms with E-state index in [0.29, 0.717) is 5.57 Å². The minimum Gasteiger partial charge on any atom is -0.543 e. The molecule has 16 heteroatoms. The fourth-order valence-corrected chi connectivity index (χ4v) is 5.28. The Kier molecular flexibility index (Phi) is 6.95. The van der Waals surface area contributed by atoms with Crippen molar-refractivity contribution in [2.75, 3.05) is 18.1 Å². The number of halogens is 1. The third-order valence-corrected chi connectivity index (χ3v) is 6.83. The summed E-state index contributed by atoms with van der Waals surface area (Å²) in [4.78, 5) is 47.7. The molecule has 1 saturated heterocycles. The molecule has 4 heterocycles. The van der Waals surface area contributed by atoms with Gasteiger partial charge in [0.1, 0.15) is 18.0 Å². The van der Waals surface area contributed by atoms with Crippen molar-refractivity contribution in [2.45, 2.75) is 24.9 Å². The van der Waals surface area contributed by atoms with Crippen LogP contribution in [0, 0.1) is 0 Å². The van der Waals surface area contributed by atoms with Gasteiger partial charge in [0.2, 0.25) is 11.5 Å². The number of nitrogen functional groups attached to an aromatic ring is 1. The Morgan fingerprint density at radius 3 is 2.94 bits per heavy atom. The second-order valence-corrected chi connectivity index (χ2v) is 9.22. The molecule has 34 heavy (non-hydrogen) atoms. The molecule has 0 radical (unpaired) electrons. The highest BCUT2D eigenvalue weighted by atomic mass is 35.5. The molecule has 1 unspecified atom stereocenters. The lowest BCUT2D eigenvalue weighted by atomic mass is 10.0. The monoisotopic (exact) mass is 524 g/mol. The van der Waals surface area contributed by atoms with Crippen LogP contribution in [-0.2, 0) is 25.8 Å². The Bertz CT molecular complexity index is 1220. The predicted molar refractivity (Wildman–Crippen MR) is 119 cm³/mol. The van der Waals surface area contributed by atoms with E-state index in [2.05, 4.69) is 24.9 Å². The number of aliphatic carboxylic acids is 1. The Morgan fingerprint density at radius 2 is 2.29 bits per heavy atom. The van der Waals surface area contributed by atoms with E-state index in [-0.39, 0.29) is 46.4 Å². The highest BCUT2D eigenvalue weighted by Gasteiger charge is 2.53. The minimum absolute atomic E-state index is 0.0444. The van der Waals surface area contributed by atoms with Gasteiger partial charge in [-0.25, -0.2) is 0 Å². The van der Waals surface area contributed by atoms with Crippen LogP contribution in [0.1, 0.15) is 12.7 Å². The van der Waals surface area contributed by atoms with E-state index in [1.807, 2.05) is 0 Å². The van der Waals surface area contributed by atoms with Crippen LogP contribution in [0.4, 0.5) is 5.13 Å². The van der Waals surface area contributed by atoms with Gasteiger partial charge in [-0.3, -0.25) is 14.5 Å². The molecule has 0 aliphatic carbocycles. The third-order valence-electron chi connectivity index (χ3n) is 4.75. The number of β-lactam (4-membered cyclic amide) rings is 1. The number of nitrogens with two attached hydrogens (primary N) is 1. The first-order valence-corrected chi connectivity index (χ1v) is 12.0. The quantitative estimate of drug-likeness (QED) is 0.175. The average molecular weight is 525 g/mol.